The highest BCUT2D eigenvalue weighted by molar-refractivity contribution is 6.06. The zero-order valence-electron chi connectivity index (χ0n) is 27.5. The van der Waals surface area contributed by atoms with Crippen LogP contribution in [0, 0.1) is 13.8 Å². The van der Waals surface area contributed by atoms with E-state index in [0.29, 0.717) is 23.4 Å². The first-order chi connectivity index (χ1) is 23.3. The Morgan fingerprint density at radius 1 is 0.833 bits per heavy atom. The molecule has 6 aromatic rings. The number of aromatic nitrogens is 5. The predicted octanol–water partition coefficient (Wildman–Crippen LogP) is 5.20. The molecule has 1 fully saturated rings. The van der Waals surface area contributed by atoms with Gasteiger partial charge in [0.05, 0.1) is 22.1 Å². The molecule has 11 heteroatoms. The molecular formula is C37H39N9O2. The number of nitrogens with one attached hydrogen (secondary N) is 3. The van der Waals surface area contributed by atoms with Crippen LogP contribution in [-0.2, 0) is 0 Å². The van der Waals surface area contributed by atoms with Crippen LogP contribution in [0.4, 0.5) is 5.69 Å². The smallest absolute Gasteiger partial charge is 0.255 e. The number of fused-ring (bicyclic) bond motifs is 2. The maximum absolute atomic E-state index is 13.0. The monoisotopic (exact) mass is 641 g/mol. The van der Waals surface area contributed by atoms with Crippen LogP contribution in [0.1, 0.15) is 38.8 Å². The molecule has 244 valence electrons. The fraction of sp³-hybridized carbons (Fsp3) is 0.270. The standard InChI is InChI=1S/C37H39N9O2/c1-24-40-31-11-8-28(21-32(31)41-24)37(48)43-30-7-4-6-26(20-30)29-10-13-35(39-23-29)46-25(2)42-33-22-27(9-12-34(33)46)36(47)38-14-5-15-45-18-16-44(3)17-19-45/h4,6-13,20-23H,5,14-19H2,1-3H3,(H,38,47)(H,40,41)(H,43,48). The fourth-order valence-corrected chi connectivity index (χ4v) is 6.26. The summed E-state index contributed by atoms with van der Waals surface area (Å²) in [6.07, 6.45) is 2.75. The quantitative estimate of drug-likeness (QED) is 0.186. The molecular weight excluding hydrogens is 602 g/mol. The number of amides is 2. The number of aromatic amines is 1. The van der Waals surface area contributed by atoms with Crippen molar-refractivity contribution in [2.45, 2.75) is 20.3 Å². The van der Waals surface area contributed by atoms with Crippen LogP contribution in [0.15, 0.2) is 79.0 Å². The van der Waals surface area contributed by atoms with Crippen LogP contribution in [0.2, 0.25) is 0 Å². The summed E-state index contributed by atoms with van der Waals surface area (Å²) < 4.78 is 1.99. The van der Waals surface area contributed by atoms with Crippen molar-refractivity contribution in [1.82, 2.24) is 39.6 Å². The summed E-state index contributed by atoms with van der Waals surface area (Å²) in [5, 5.41) is 6.07. The molecule has 0 spiro atoms. The van der Waals surface area contributed by atoms with Crippen LogP contribution < -0.4 is 10.6 Å². The fourth-order valence-electron chi connectivity index (χ4n) is 6.26. The number of nitrogens with zero attached hydrogens (tertiary/aromatic N) is 6. The van der Waals surface area contributed by atoms with Crippen molar-refractivity contribution in [2.75, 3.05) is 51.6 Å². The second-order valence-corrected chi connectivity index (χ2v) is 12.4. The minimum absolute atomic E-state index is 0.0858. The molecule has 0 bridgehead atoms. The first-order valence-corrected chi connectivity index (χ1v) is 16.3. The molecule has 0 atom stereocenters. The average Bonchev–Trinajstić information content (AvgIpc) is 3.64. The van der Waals surface area contributed by atoms with Gasteiger partial charge in [0.1, 0.15) is 17.5 Å². The second kappa shape index (κ2) is 13.4. The summed E-state index contributed by atoms with van der Waals surface area (Å²) in [6.45, 7) is 9.82. The zero-order chi connectivity index (χ0) is 33.2. The molecule has 4 heterocycles. The van der Waals surface area contributed by atoms with E-state index in [1.165, 1.54) is 0 Å². The van der Waals surface area contributed by atoms with Gasteiger partial charge in [0.25, 0.3) is 11.8 Å². The molecule has 3 N–H and O–H groups in total. The molecule has 3 aromatic heterocycles. The van der Waals surface area contributed by atoms with E-state index in [-0.39, 0.29) is 11.8 Å². The second-order valence-electron chi connectivity index (χ2n) is 12.4. The SMILES string of the molecule is Cc1nc2ccc(C(=O)Nc3cccc(-c4ccc(-n5c(C)nc6cc(C(=O)NCCCN7CCN(C)CC7)ccc65)nc4)c3)cc2[nH]1. The van der Waals surface area contributed by atoms with E-state index in [0.717, 1.165) is 89.8 Å². The Morgan fingerprint density at radius 2 is 1.65 bits per heavy atom. The number of pyridine rings is 1. The lowest BCUT2D eigenvalue weighted by Crippen LogP contribution is -2.45. The van der Waals surface area contributed by atoms with Crippen molar-refractivity contribution < 1.29 is 9.59 Å². The van der Waals surface area contributed by atoms with Gasteiger partial charge in [-0.2, -0.15) is 0 Å². The third-order valence-electron chi connectivity index (χ3n) is 8.91. The highest BCUT2D eigenvalue weighted by atomic mass is 16.2. The summed E-state index contributed by atoms with van der Waals surface area (Å²) in [7, 11) is 2.16. The Bertz CT molecular complexity index is 2110. The maximum Gasteiger partial charge on any atom is 0.255 e. The minimum atomic E-state index is -0.195. The third kappa shape index (κ3) is 6.69. The van der Waals surface area contributed by atoms with Gasteiger partial charge in [0.2, 0.25) is 0 Å². The first-order valence-electron chi connectivity index (χ1n) is 16.3. The Balaban J connectivity index is 1.00. The lowest BCUT2D eigenvalue weighted by molar-refractivity contribution is 0.0948. The number of benzene rings is 3. The summed E-state index contributed by atoms with van der Waals surface area (Å²) in [4.78, 5) is 47.8. The molecule has 1 aliphatic rings. The Morgan fingerprint density at radius 3 is 2.46 bits per heavy atom. The average molecular weight is 642 g/mol. The van der Waals surface area contributed by atoms with E-state index in [1.807, 2.05) is 91.3 Å². The summed E-state index contributed by atoms with van der Waals surface area (Å²) in [6, 6.07) is 22.7. The van der Waals surface area contributed by atoms with E-state index in [4.69, 9.17) is 9.97 Å². The molecule has 7 rings (SSSR count). The first kappa shape index (κ1) is 31.2. The van der Waals surface area contributed by atoms with Crippen molar-refractivity contribution in [3.05, 3.63) is 102 Å². The molecule has 1 saturated heterocycles. The van der Waals surface area contributed by atoms with Gasteiger partial charge >= 0.3 is 0 Å². The van der Waals surface area contributed by atoms with Crippen molar-refractivity contribution >= 4 is 39.6 Å². The van der Waals surface area contributed by atoms with E-state index in [9.17, 15) is 9.59 Å². The predicted molar refractivity (Wildman–Crippen MR) is 189 cm³/mol. The van der Waals surface area contributed by atoms with Gasteiger partial charge in [-0.05, 0) is 100 Å². The van der Waals surface area contributed by atoms with E-state index in [1.54, 1.807) is 6.07 Å². The number of piperazine rings is 1. The van der Waals surface area contributed by atoms with Crippen molar-refractivity contribution in [3.8, 4) is 16.9 Å². The number of hydrogen-bond acceptors (Lipinski definition) is 7. The van der Waals surface area contributed by atoms with E-state index in [2.05, 4.69) is 37.4 Å². The normalized spacial score (nSPS) is 14.1. The van der Waals surface area contributed by atoms with Crippen LogP contribution >= 0.6 is 0 Å². The Kier molecular flexibility index (Phi) is 8.70. The summed E-state index contributed by atoms with van der Waals surface area (Å²) in [5.41, 5.74) is 6.96. The van der Waals surface area contributed by atoms with Gasteiger partial charge in [0, 0.05) is 61.3 Å². The van der Waals surface area contributed by atoms with Crippen LogP contribution in [0.25, 0.3) is 39.0 Å². The molecule has 48 heavy (non-hydrogen) atoms. The molecule has 0 aliphatic carbocycles. The molecule has 2 amide bonds. The number of imidazole rings is 2. The number of aryl methyl sites for hydroxylation is 2. The van der Waals surface area contributed by atoms with E-state index < -0.39 is 0 Å². The molecule has 0 radical (unpaired) electrons. The number of likely N-dealkylation sites (N-methyl/N-ethyl adjacent to an activating group) is 1. The molecule has 11 nitrogen and oxygen atoms in total. The number of rotatable bonds is 9. The highest BCUT2D eigenvalue weighted by Gasteiger charge is 2.16. The molecule has 0 saturated carbocycles. The minimum Gasteiger partial charge on any atom is -0.352 e. The number of carbonyl (C=O) groups is 2. The van der Waals surface area contributed by atoms with Crippen molar-refractivity contribution in [2.24, 2.45) is 0 Å². The van der Waals surface area contributed by atoms with Gasteiger partial charge in [-0.1, -0.05) is 12.1 Å². The Hall–Kier alpha value is -5.39. The molecule has 0 unspecified atom stereocenters. The zero-order valence-corrected chi connectivity index (χ0v) is 27.5. The van der Waals surface area contributed by atoms with Gasteiger partial charge in [-0.3, -0.25) is 14.2 Å². The van der Waals surface area contributed by atoms with Crippen molar-refractivity contribution in [3.63, 3.8) is 0 Å². The largest absolute Gasteiger partial charge is 0.352 e. The lowest BCUT2D eigenvalue weighted by Gasteiger charge is -2.32. The van der Waals surface area contributed by atoms with Crippen LogP contribution in [-0.4, -0.2) is 92.4 Å². The molecule has 1 aliphatic heterocycles. The topological polar surface area (TPSA) is 124 Å². The van der Waals surface area contributed by atoms with Crippen LogP contribution in [0.5, 0.6) is 0 Å². The number of H-pyrrole nitrogens is 1. The molecule has 3 aromatic carbocycles. The lowest BCUT2D eigenvalue weighted by atomic mass is 10.1. The summed E-state index contributed by atoms with van der Waals surface area (Å²) in [5.74, 6) is 2.04. The van der Waals surface area contributed by atoms with E-state index >= 15 is 0 Å². The van der Waals surface area contributed by atoms with Gasteiger partial charge < -0.3 is 25.4 Å². The third-order valence-corrected chi connectivity index (χ3v) is 8.91. The van der Waals surface area contributed by atoms with Gasteiger partial charge in [0.15, 0.2) is 0 Å². The number of anilines is 1. The number of carbonyl (C=O) groups excluding carboxylic acids is 2. The van der Waals surface area contributed by atoms with Crippen LogP contribution in [0.3, 0.4) is 0 Å². The van der Waals surface area contributed by atoms with Crippen molar-refractivity contribution in [1.29, 1.82) is 0 Å². The van der Waals surface area contributed by atoms with Gasteiger partial charge in [-0.15, -0.1) is 0 Å². The van der Waals surface area contributed by atoms with Gasteiger partial charge in [-0.25, -0.2) is 15.0 Å². The Labute approximate surface area is 279 Å². The maximum atomic E-state index is 13.0. The number of hydrogen-bond donors (Lipinski definition) is 3. The summed E-state index contributed by atoms with van der Waals surface area (Å²) >= 11 is 0. The highest BCUT2D eigenvalue weighted by Crippen LogP contribution is 2.26.